The molecule has 0 unspecified atom stereocenters. The lowest BCUT2D eigenvalue weighted by atomic mass is 10.2. The predicted octanol–water partition coefficient (Wildman–Crippen LogP) is 3.71. The van der Waals surface area contributed by atoms with Gasteiger partial charge in [0.15, 0.2) is 5.13 Å². The molecule has 0 fully saturated rings. The summed E-state index contributed by atoms with van der Waals surface area (Å²) in [5.41, 5.74) is 2.88. The maximum absolute atomic E-state index is 11.7. The van der Waals surface area contributed by atoms with Gasteiger partial charge in [-0.3, -0.25) is 5.32 Å². The first-order valence-corrected chi connectivity index (χ1v) is 6.45. The van der Waals surface area contributed by atoms with Gasteiger partial charge in [-0.1, -0.05) is 17.7 Å². The van der Waals surface area contributed by atoms with Gasteiger partial charge in [0.25, 0.3) is 0 Å². The highest BCUT2D eigenvalue weighted by Crippen LogP contribution is 2.21. The molecule has 1 heterocycles. The Labute approximate surface area is 110 Å². The van der Waals surface area contributed by atoms with E-state index in [-0.39, 0.29) is 6.03 Å². The Kier molecular flexibility index (Phi) is 3.62. The van der Waals surface area contributed by atoms with Gasteiger partial charge in [0.05, 0.1) is 5.69 Å². The average molecular weight is 261 g/mol. The maximum atomic E-state index is 11.7. The monoisotopic (exact) mass is 261 g/mol. The molecule has 94 valence electrons. The molecule has 4 nitrogen and oxygen atoms in total. The van der Waals surface area contributed by atoms with Crippen LogP contribution in [0.3, 0.4) is 0 Å². The van der Waals surface area contributed by atoms with Gasteiger partial charge in [-0.15, -0.1) is 11.3 Å². The molecule has 2 amide bonds. The Morgan fingerprint density at radius 2 is 1.78 bits per heavy atom. The first kappa shape index (κ1) is 12.6. The highest BCUT2D eigenvalue weighted by Gasteiger charge is 2.07. The lowest BCUT2D eigenvalue weighted by Gasteiger charge is -2.05. The summed E-state index contributed by atoms with van der Waals surface area (Å²) in [4.78, 5) is 17.1. The molecule has 0 spiro atoms. The lowest BCUT2D eigenvalue weighted by Crippen LogP contribution is -2.19. The van der Waals surface area contributed by atoms with E-state index in [4.69, 9.17) is 0 Å². The fourth-order valence-corrected chi connectivity index (χ4v) is 2.23. The van der Waals surface area contributed by atoms with Crippen molar-refractivity contribution >= 4 is 28.2 Å². The van der Waals surface area contributed by atoms with E-state index < -0.39 is 0 Å². The van der Waals surface area contributed by atoms with E-state index in [2.05, 4.69) is 15.6 Å². The topological polar surface area (TPSA) is 54.0 Å². The van der Waals surface area contributed by atoms with Crippen molar-refractivity contribution < 1.29 is 4.79 Å². The molecule has 5 heteroatoms. The van der Waals surface area contributed by atoms with Crippen LogP contribution in [-0.2, 0) is 0 Å². The van der Waals surface area contributed by atoms with Crippen LogP contribution in [0.5, 0.6) is 0 Å². The van der Waals surface area contributed by atoms with Crippen LogP contribution in [0.1, 0.15) is 16.1 Å². The van der Waals surface area contributed by atoms with Gasteiger partial charge in [0.1, 0.15) is 0 Å². The molecule has 0 atom stereocenters. The summed E-state index contributed by atoms with van der Waals surface area (Å²) in [5, 5.41) is 6.11. The minimum atomic E-state index is -0.271. The van der Waals surface area contributed by atoms with E-state index in [1.54, 1.807) is 0 Å². The molecule has 18 heavy (non-hydrogen) atoms. The maximum Gasteiger partial charge on any atom is 0.325 e. The molecular weight excluding hydrogens is 246 g/mol. The van der Waals surface area contributed by atoms with Crippen molar-refractivity contribution in [3.63, 3.8) is 0 Å². The highest BCUT2D eigenvalue weighted by atomic mass is 32.1. The van der Waals surface area contributed by atoms with E-state index in [1.165, 1.54) is 11.3 Å². The second-order valence-electron chi connectivity index (χ2n) is 4.11. The summed E-state index contributed by atoms with van der Waals surface area (Å²) in [6.45, 7) is 5.91. The largest absolute Gasteiger partial charge is 0.325 e. The van der Waals surface area contributed by atoms with E-state index in [9.17, 15) is 4.79 Å². The number of aryl methyl sites for hydroxylation is 3. The number of urea groups is 1. The van der Waals surface area contributed by atoms with Crippen LogP contribution in [0.15, 0.2) is 24.3 Å². The summed E-state index contributed by atoms with van der Waals surface area (Å²) in [6.07, 6.45) is 0. The third kappa shape index (κ3) is 3.07. The summed E-state index contributed by atoms with van der Waals surface area (Å²) in [6, 6.07) is 7.37. The van der Waals surface area contributed by atoms with Crippen molar-refractivity contribution in [2.24, 2.45) is 0 Å². The van der Waals surface area contributed by atoms with Crippen LogP contribution in [0.25, 0.3) is 0 Å². The SMILES string of the molecule is Cc1ccc(NC(=O)Nc2nc(C)c(C)s2)cc1. The van der Waals surface area contributed by atoms with Gasteiger partial charge in [-0.2, -0.15) is 0 Å². The Bertz CT molecular complexity index is 541. The van der Waals surface area contributed by atoms with Crippen LogP contribution < -0.4 is 10.6 Å². The standard InChI is InChI=1S/C13H15N3OS/c1-8-4-6-11(7-5-8)15-12(17)16-13-14-9(2)10(3)18-13/h4-7H,1-3H3,(H2,14,15,16,17). The quantitative estimate of drug-likeness (QED) is 0.865. The molecule has 2 rings (SSSR count). The van der Waals surface area contributed by atoms with Crippen LogP contribution in [0.4, 0.5) is 15.6 Å². The number of hydrogen-bond acceptors (Lipinski definition) is 3. The molecule has 0 saturated carbocycles. The molecule has 0 radical (unpaired) electrons. The minimum Gasteiger partial charge on any atom is -0.308 e. The normalized spacial score (nSPS) is 10.2. The molecule has 1 aromatic heterocycles. The van der Waals surface area contributed by atoms with E-state index in [0.29, 0.717) is 5.13 Å². The van der Waals surface area contributed by atoms with Gasteiger partial charge >= 0.3 is 6.03 Å². The fourth-order valence-electron chi connectivity index (χ4n) is 1.42. The van der Waals surface area contributed by atoms with Crippen molar-refractivity contribution in [1.29, 1.82) is 0 Å². The number of anilines is 2. The van der Waals surface area contributed by atoms with Crippen molar-refractivity contribution in [3.8, 4) is 0 Å². The molecule has 0 bridgehead atoms. The van der Waals surface area contributed by atoms with E-state index in [1.807, 2.05) is 45.0 Å². The third-order valence-electron chi connectivity index (χ3n) is 2.56. The van der Waals surface area contributed by atoms with E-state index >= 15 is 0 Å². The number of thiazole rings is 1. The van der Waals surface area contributed by atoms with E-state index in [0.717, 1.165) is 21.8 Å². The summed E-state index contributed by atoms with van der Waals surface area (Å²) in [5.74, 6) is 0. The Morgan fingerprint density at radius 3 is 2.33 bits per heavy atom. The second-order valence-corrected chi connectivity index (χ2v) is 5.31. The van der Waals surface area contributed by atoms with Crippen LogP contribution in [0, 0.1) is 20.8 Å². The van der Waals surface area contributed by atoms with Gasteiger partial charge in [0, 0.05) is 10.6 Å². The molecule has 2 N–H and O–H groups in total. The van der Waals surface area contributed by atoms with Gasteiger partial charge in [-0.05, 0) is 32.9 Å². The second kappa shape index (κ2) is 5.18. The molecule has 0 aliphatic carbocycles. The first-order valence-electron chi connectivity index (χ1n) is 5.63. The molecule has 0 aliphatic rings. The zero-order chi connectivity index (χ0) is 13.1. The number of hydrogen-bond donors (Lipinski definition) is 2. The van der Waals surface area contributed by atoms with Gasteiger partial charge in [-0.25, -0.2) is 9.78 Å². The smallest absolute Gasteiger partial charge is 0.308 e. The lowest BCUT2D eigenvalue weighted by molar-refractivity contribution is 0.262. The first-order chi connectivity index (χ1) is 8.54. The Morgan fingerprint density at radius 1 is 1.11 bits per heavy atom. The number of nitrogens with zero attached hydrogens (tertiary/aromatic N) is 1. The molecular formula is C13H15N3OS. The number of amides is 2. The highest BCUT2D eigenvalue weighted by molar-refractivity contribution is 7.15. The number of carbonyl (C=O) groups is 1. The van der Waals surface area contributed by atoms with Crippen LogP contribution in [-0.4, -0.2) is 11.0 Å². The van der Waals surface area contributed by atoms with Crippen molar-refractivity contribution in [2.75, 3.05) is 10.6 Å². The fraction of sp³-hybridized carbons (Fsp3) is 0.231. The molecule has 2 aromatic rings. The molecule has 0 aliphatic heterocycles. The summed E-state index contributed by atoms with van der Waals surface area (Å²) in [7, 11) is 0. The summed E-state index contributed by atoms with van der Waals surface area (Å²) < 4.78 is 0. The zero-order valence-corrected chi connectivity index (χ0v) is 11.4. The number of benzene rings is 1. The van der Waals surface area contributed by atoms with Crippen molar-refractivity contribution in [1.82, 2.24) is 4.98 Å². The average Bonchev–Trinajstić information content (AvgIpc) is 2.61. The summed E-state index contributed by atoms with van der Waals surface area (Å²) >= 11 is 1.47. The van der Waals surface area contributed by atoms with Crippen LogP contribution >= 0.6 is 11.3 Å². The minimum absolute atomic E-state index is 0.271. The Balaban J connectivity index is 1.98. The number of nitrogens with one attached hydrogen (secondary N) is 2. The molecule has 0 saturated heterocycles. The van der Waals surface area contributed by atoms with Crippen molar-refractivity contribution in [2.45, 2.75) is 20.8 Å². The van der Waals surface area contributed by atoms with Crippen molar-refractivity contribution in [3.05, 3.63) is 40.4 Å². The van der Waals surface area contributed by atoms with Gasteiger partial charge in [0.2, 0.25) is 0 Å². The van der Waals surface area contributed by atoms with Gasteiger partial charge < -0.3 is 5.32 Å². The Hall–Kier alpha value is -1.88. The zero-order valence-electron chi connectivity index (χ0n) is 10.6. The third-order valence-corrected chi connectivity index (χ3v) is 3.55. The number of aromatic nitrogens is 1. The molecule has 1 aromatic carbocycles. The number of rotatable bonds is 2. The number of carbonyl (C=O) groups excluding carboxylic acids is 1. The van der Waals surface area contributed by atoms with Crippen LogP contribution in [0.2, 0.25) is 0 Å². The predicted molar refractivity (Wildman–Crippen MR) is 75.4 cm³/mol.